The fourth-order valence-electron chi connectivity index (χ4n) is 8.44. The molecule has 6 aromatic rings. The number of hydroxylamine groups is 2. The molecule has 1 unspecified atom stereocenters. The van der Waals surface area contributed by atoms with Gasteiger partial charge in [-0.3, -0.25) is 14.6 Å². The highest BCUT2D eigenvalue weighted by Gasteiger charge is 2.21. The van der Waals surface area contributed by atoms with Gasteiger partial charge < -0.3 is 25.5 Å². The van der Waals surface area contributed by atoms with Crippen LogP contribution in [0, 0.1) is 6.92 Å². The Balaban J connectivity index is 0.000000190. The predicted molar refractivity (Wildman–Crippen MR) is 273 cm³/mol. The molecular formula is C51H62N8O2S2. The number of aromatic nitrogens is 2. The second-order valence-electron chi connectivity index (χ2n) is 16.2. The van der Waals surface area contributed by atoms with Crippen LogP contribution in [0.25, 0.3) is 33.0 Å². The molecule has 0 aliphatic carbocycles. The van der Waals surface area contributed by atoms with Gasteiger partial charge in [0.05, 0.1) is 24.6 Å². The summed E-state index contributed by atoms with van der Waals surface area (Å²) in [6.07, 6.45) is 11.5. The second kappa shape index (κ2) is 21.8. The number of rotatable bonds is 13. The molecular weight excluding hydrogens is 821 g/mol. The number of anilines is 4. The largest absolute Gasteiger partial charge is 0.361 e. The number of aromatic amines is 2. The number of aryl methyl sites for hydroxylation is 1. The molecule has 0 fully saturated rings. The van der Waals surface area contributed by atoms with Gasteiger partial charge in [0.15, 0.2) is 0 Å². The molecule has 1 atom stereocenters. The van der Waals surface area contributed by atoms with Gasteiger partial charge in [-0.15, -0.1) is 0 Å². The molecule has 63 heavy (non-hydrogen) atoms. The summed E-state index contributed by atoms with van der Waals surface area (Å²) >= 11 is 11.4. The fourth-order valence-corrected chi connectivity index (χ4v) is 9.00. The van der Waals surface area contributed by atoms with E-state index in [2.05, 4.69) is 101 Å². The van der Waals surface area contributed by atoms with Crippen LogP contribution in [-0.4, -0.2) is 82.5 Å². The van der Waals surface area contributed by atoms with Crippen molar-refractivity contribution in [1.82, 2.24) is 19.8 Å². The standard InChI is InChI=1S/C27H34N4OS.C24H28N4OS/c1-4-9-20(3)30-16-14-21(15-17-30)25-19-28-26-13-12-22(18-24(25)26)29-27(33)31(32-5-2)23-10-7-6-8-11-23;1-4-29-28(20-8-6-5-7-9-20)24(30)26-19-10-11-22-21(16-19)23(17(2)25-22)18-12-14-27(3)15-13-18/h6-8,10-14,18-20,28H,4-5,9,15-17H2,1-3H3,(H,29,33);5-12,16,25H,4,13-15H2,1-3H3,(H,26,30). The first kappa shape index (κ1) is 45.7. The lowest BCUT2D eigenvalue weighted by Crippen LogP contribution is -2.36. The lowest BCUT2D eigenvalue weighted by molar-refractivity contribution is 0.158. The monoisotopic (exact) mass is 882 g/mol. The quantitative estimate of drug-likeness (QED) is 0.0664. The summed E-state index contributed by atoms with van der Waals surface area (Å²) in [5.41, 5.74) is 12.6. The van der Waals surface area contributed by atoms with Gasteiger partial charge in [0.1, 0.15) is 0 Å². The van der Waals surface area contributed by atoms with Gasteiger partial charge in [-0.2, -0.15) is 10.1 Å². The summed E-state index contributed by atoms with van der Waals surface area (Å²) < 4.78 is 0. The number of nitrogens with one attached hydrogen (secondary N) is 4. The van der Waals surface area contributed by atoms with Crippen LogP contribution in [0.3, 0.4) is 0 Å². The van der Waals surface area contributed by atoms with E-state index in [0.717, 1.165) is 72.8 Å². The minimum atomic E-state index is 0.509. The molecule has 2 aromatic heterocycles. The first-order valence-electron chi connectivity index (χ1n) is 22.3. The number of likely N-dealkylation sites (N-methyl/N-ethyl adjacent to an activating group) is 1. The topological polar surface area (TPSA) is 87.1 Å². The number of nitrogens with zero attached hydrogens (tertiary/aromatic N) is 4. The molecule has 4 N–H and O–H groups in total. The van der Waals surface area contributed by atoms with Crippen LogP contribution >= 0.6 is 24.4 Å². The van der Waals surface area contributed by atoms with Crippen molar-refractivity contribution in [2.24, 2.45) is 0 Å². The van der Waals surface area contributed by atoms with Gasteiger partial charge in [0, 0.05) is 88.4 Å². The summed E-state index contributed by atoms with van der Waals surface area (Å²) in [6.45, 7) is 15.9. The summed E-state index contributed by atoms with van der Waals surface area (Å²) in [7, 11) is 2.16. The van der Waals surface area contributed by atoms with Gasteiger partial charge in [-0.05, 0) is 150 Å². The molecule has 12 heteroatoms. The molecule has 330 valence electrons. The molecule has 10 nitrogen and oxygen atoms in total. The third-order valence-corrected chi connectivity index (χ3v) is 12.2. The van der Waals surface area contributed by atoms with E-state index in [1.165, 1.54) is 51.6 Å². The van der Waals surface area contributed by atoms with Crippen molar-refractivity contribution in [2.75, 3.05) is 67.2 Å². The third kappa shape index (κ3) is 11.3. The lowest BCUT2D eigenvalue weighted by atomic mass is 9.96. The van der Waals surface area contributed by atoms with Crippen LogP contribution in [-0.2, 0) is 9.68 Å². The van der Waals surface area contributed by atoms with Gasteiger partial charge in [-0.1, -0.05) is 61.9 Å². The van der Waals surface area contributed by atoms with Crippen molar-refractivity contribution >= 4 is 90.4 Å². The van der Waals surface area contributed by atoms with Crippen molar-refractivity contribution in [1.29, 1.82) is 0 Å². The Morgan fingerprint density at radius 3 is 1.84 bits per heavy atom. The van der Waals surface area contributed by atoms with Crippen LogP contribution in [0.15, 0.2) is 115 Å². The minimum absolute atomic E-state index is 0.509. The molecule has 0 radical (unpaired) electrons. The molecule has 2 aliphatic heterocycles. The molecule has 8 rings (SSSR count). The van der Waals surface area contributed by atoms with Gasteiger partial charge in [0.25, 0.3) is 0 Å². The summed E-state index contributed by atoms with van der Waals surface area (Å²) in [5.74, 6) is 0. The number of benzene rings is 4. The summed E-state index contributed by atoms with van der Waals surface area (Å²) in [5, 5.41) is 13.5. The number of fused-ring (bicyclic) bond motifs is 2. The van der Waals surface area contributed by atoms with Crippen LogP contribution in [0.4, 0.5) is 22.7 Å². The molecule has 0 saturated heterocycles. The van der Waals surface area contributed by atoms with Crippen molar-refractivity contribution < 1.29 is 9.68 Å². The second-order valence-corrected chi connectivity index (χ2v) is 16.9. The number of hydrogen-bond donors (Lipinski definition) is 4. The zero-order valence-electron chi connectivity index (χ0n) is 37.5. The van der Waals surface area contributed by atoms with Crippen molar-refractivity contribution in [2.45, 2.75) is 66.3 Å². The maximum atomic E-state index is 5.81. The number of H-pyrrole nitrogens is 2. The normalized spacial score (nSPS) is 15.0. The lowest BCUT2D eigenvalue weighted by Gasteiger charge is -2.31. The highest BCUT2D eigenvalue weighted by Crippen LogP contribution is 2.35. The molecule has 0 bridgehead atoms. The molecule has 2 aliphatic rings. The number of thiocarbonyl (C=S) groups is 2. The predicted octanol–water partition coefficient (Wildman–Crippen LogP) is 12.0. The Bertz CT molecular complexity index is 2530. The average Bonchev–Trinajstić information content (AvgIpc) is 3.88. The first-order chi connectivity index (χ1) is 30.7. The van der Waals surface area contributed by atoms with Gasteiger partial charge in [-0.25, -0.2) is 0 Å². The van der Waals surface area contributed by atoms with E-state index < -0.39 is 0 Å². The SMILES string of the molecule is CCCC(C)N1CC=C(c2c[nH]c3ccc(NC(=S)N(OCC)c4ccccc4)cc23)CC1.CCON(C(=S)Nc1ccc2[nH]c(C)c(C3=CCN(C)CC3)c2c1)c1ccccc1. The Morgan fingerprint density at radius 2 is 1.30 bits per heavy atom. The van der Waals surface area contributed by atoms with E-state index in [9.17, 15) is 0 Å². The summed E-state index contributed by atoms with van der Waals surface area (Å²) in [4.78, 5) is 23.5. The zero-order chi connectivity index (χ0) is 44.3. The Kier molecular flexibility index (Phi) is 15.8. The molecule has 4 aromatic carbocycles. The maximum Gasteiger partial charge on any atom is 0.202 e. The smallest absolute Gasteiger partial charge is 0.202 e. The van der Waals surface area contributed by atoms with Crippen LogP contribution in [0.2, 0.25) is 0 Å². The van der Waals surface area contributed by atoms with E-state index >= 15 is 0 Å². The maximum absolute atomic E-state index is 5.81. The first-order valence-corrected chi connectivity index (χ1v) is 23.1. The van der Waals surface area contributed by atoms with Crippen LogP contribution < -0.4 is 20.8 Å². The van der Waals surface area contributed by atoms with Gasteiger partial charge >= 0.3 is 0 Å². The van der Waals surface area contributed by atoms with E-state index in [1.54, 1.807) is 10.1 Å². The fraction of sp³-hybridized carbons (Fsp3) is 0.333. The van der Waals surface area contributed by atoms with Crippen molar-refractivity contribution in [3.63, 3.8) is 0 Å². The molecule has 0 amide bonds. The van der Waals surface area contributed by atoms with E-state index in [0.29, 0.717) is 29.5 Å². The summed E-state index contributed by atoms with van der Waals surface area (Å²) in [6, 6.07) is 33.1. The third-order valence-electron chi connectivity index (χ3n) is 11.7. The van der Waals surface area contributed by atoms with Crippen molar-refractivity contribution in [3.8, 4) is 0 Å². The zero-order valence-corrected chi connectivity index (χ0v) is 39.2. The highest BCUT2D eigenvalue weighted by molar-refractivity contribution is 7.81. The van der Waals surface area contributed by atoms with Crippen molar-refractivity contribution in [3.05, 3.63) is 132 Å². The minimum Gasteiger partial charge on any atom is -0.361 e. The molecule has 0 saturated carbocycles. The Morgan fingerprint density at radius 1 is 0.730 bits per heavy atom. The average molecular weight is 883 g/mol. The van der Waals surface area contributed by atoms with E-state index in [4.69, 9.17) is 34.1 Å². The molecule has 0 spiro atoms. The molecule has 4 heterocycles. The van der Waals surface area contributed by atoms with E-state index in [-0.39, 0.29) is 0 Å². The van der Waals surface area contributed by atoms with Gasteiger partial charge in [0.2, 0.25) is 10.2 Å². The van der Waals surface area contributed by atoms with Crippen LogP contribution in [0.1, 0.15) is 70.2 Å². The highest BCUT2D eigenvalue weighted by atomic mass is 32.1. The number of para-hydroxylation sites is 2. The Labute approximate surface area is 383 Å². The number of hydrogen-bond acceptors (Lipinski definition) is 6. The Hall–Kier alpha value is -5.34. The van der Waals surface area contributed by atoms with Crippen LogP contribution in [0.5, 0.6) is 0 Å². The van der Waals surface area contributed by atoms with E-state index in [1.807, 2.05) is 86.6 Å².